The topological polar surface area (TPSA) is 41.6 Å². The smallest absolute Gasteiger partial charge is 0.410 e. The van der Waals surface area contributed by atoms with Gasteiger partial charge in [-0.2, -0.15) is 0 Å². The van der Waals surface area contributed by atoms with Gasteiger partial charge in [0.1, 0.15) is 5.60 Å². The Labute approximate surface area is 192 Å². The highest BCUT2D eigenvalue weighted by Crippen LogP contribution is 2.23. The fraction of sp³-hybridized carbons (Fsp3) is 0.375. The molecular formula is C24H28BrClN2O2. The van der Waals surface area contributed by atoms with Crippen LogP contribution in [0.1, 0.15) is 37.5 Å². The van der Waals surface area contributed by atoms with Crippen LogP contribution in [0.5, 0.6) is 0 Å². The zero-order valence-electron chi connectivity index (χ0n) is 17.6. The third-order valence-electron chi connectivity index (χ3n) is 4.74. The molecule has 3 rings (SSSR count). The molecule has 0 aliphatic carbocycles. The lowest BCUT2D eigenvalue weighted by Gasteiger charge is -2.39. The fourth-order valence-corrected chi connectivity index (χ4v) is 4.04. The zero-order valence-corrected chi connectivity index (χ0v) is 20.0. The molecule has 0 radical (unpaired) electrons. The van der Waals surface area contributed by atoms with Crippen molar-refractivity contribution in [1.29, 1.82) is 0 Å². The van der Waals surface area contributed by atoms with Crippen molar-refractivity contribution in [3.8, 4) is 0 Å². The van der Waals surface area contributed by atoms with Crippen LogP contribution in [0.25, 0.3) is 12.2 Å². The van der Waals surface area contributed by atoms with E-state index in [4.69, 9.17) is 16.3 Å². The minimum absolute atomic E-state index is 0.217. The second-order valence-electron chi connectivity index (χ2n) is 8.63. The second-order valence-corrected chi connectivity index (χ2v) is 9.92. The summed E-state index contributed by atoms with van der Waals surface area (Å²) in [6, 6.07) is 14.2. The number of halogens is 2. The molecule has 160 valence electrons. The number of ether oxygens (including phenoxy) is 1. The van der Waals surface area contributed by atoms with Crippen molar-refractivity contribution in [2.75, 3.05) is 19.6 Å². The summed E-state index contributed by atoms with van der Waals surface area (Å²) in [7, 11) is 0. The Hall–Kier alpha value is -1.82. The summed E-state index contributed by atoms with van der Waals surface area (Å²) < 4.78 is 6.37. The van der Waals surface area contributed by atoms with E-state index in [1.165, 1.54) is 5.56 Å². The van der Waals surface area contributed by atoms with E-state index in [2.05, 4.69) is 57.7 Å². The van der Waals surface area contributed by atoms with Crippen molar-refractivity contribution in [1.82, 2.24) is 10.2 Å². The first-order valence-corrected chi connectivity index (χ1v) is 11.3. The Morgan fingerprint density at radius 3 is 2.70 bits per heavy atom. The van der Waals surface area contributed by atoms with Crippen molar-refractivity contribution in [3.63, 3.8) is 0 Å². The van der Waals surface area contributed by atoms with Crippen LogP contribution in [0.2, 0.25) is 5.02 Å². The number of carbonyl (C=O) groups excluding carboxylic acids is 1. The van der Waals surface area contributed by atoms with Crippen LogP contribution in [0, 0.1) is 5.92 Å². The number of benzene rings is 2. The van der Waals surface area contributed by atoms with Crippen molar-refractivity contribution in [2.45, 2.75) is 32.9 Å². The number of nitrogens with zero attached hydrogens (tertiary/aromatic N) is 1. The summed E-state index contributed by atoms with van der Waals surface area (Å²) >= 11 is 9.55. The zero-order chi connectivity index (χ0) is 21.7. The molecule has 1 heterocycles. The fourth-order valence-electron chi connectivity index (χ4n) is 3.22. The quantitative estimate of drug-likeness (QED) is 0.487. The van der Waals surface area contributed by atoms with Crippen molar-refractivity contribution in [3.05, 3.63) is 68.7 Å². The standard InChI is InChI=1S/C24H28BrClN2O2/c1-24(2,3)30-23(29)28-15-19(16-28)14-27-13-18-6-4-5-17(11-18)7-8-20-9-10-21(26)12-22(20)25/h4-12,19,27H,13-16H2,1-3H3/b8-7+. The van der Waals surface area contributed by atoms with Gasteiger partial charge in [-0.15, -0.1) is 0 Å². The van der Waals surface area contributed by atoms with Gasteiger partial charge in [-0.05, 0) is 49.6 Å². The van der Waals surface area contributed by atoms with Gasteiger partial charge in [-0.3, -0.25) is 0 Å². The van der Waals surface area contributed by atoms with Gasteiger partial charge in [0, 0.05) is 41.6 Å². The van der Waals surface area contributed by atoms with Crippen molar-refractivity contribution in [2.24, 2.45) is 5.92 Å². The van der Waals surface area contributed by atoms with Gasteiger partial charge in [-0.1, -0.05) is 70.0 Å². The van der Waals surface area contributed by atoms with Gasteiger partial charge in [0.2, 0.25) is 0 Å². The van der Waals surface area contributed by atoms with Crippen LogP contribution in [-0.2, 0) is 11.3 Å². The molecule has 6 heteroatoms. The summed E-state index contributed by atoms with van der Waals surface area (Å²) in [5, 5.41) is 4.22. The summed E-state index contributed by atoms with van der Waals surface area (Å²) in [5.41, 5.74) is 3.03. The molecule has 1 saturated heterocycles. The Morgan fingerprint density at radius 2 is 2.00 bits per heavy atom. The predicted molar refractivity (Wildman–Crippen MR) is 128 cm³/mol. The van der Waals surface area contributed by atoms with Gasteiger partial charge >= 0.3 is 6.09 Å². The monoisotopic (exact) mass is 490 g/mol. The number of likely N-dealkylation sites (tertiary alicyclic amines) is 1. The van der Waals surface area contributed by atoms with Gasteiger partial charge in [0.15, 0.2) is 0 Å². The Kier molecular flexibility index (Phi) is 7.61. The van der Waals surface area contributed by atoms with E-state index in [9.17, 15) is 4.79 Å². The lowest BCUT2D eigenvalue weighted by atomic mass is 10.0. The van der Waals surface area contributed by atoms with Gasteiger partial charge < -0.3 is 15.0 Å². The molecule has 2 aromatic rings. The van der Waals surface area contributed by atoms with Crippen LogP contribution < -0.4 is 5.32 Å². The molecule has 1 aliphatic heterocycles. The van der Waals surface area contributed by atoms with E-state index in [0.29, 0.717) is 10.9 Å². The van der Waals surface area contributed by atoms with Crippen molar-refractivity contribution >= 4 is 45.8 Å². The number of rotatable bonds is 6. The number of hydrogen-bond acceptors (Lipinski definition) is 3. The molecule has 1 N–H and O–H groups in total. The lowest BCUT2D eigenvalue weighted by molar-refractivity contribution is -0.000800. The molecule has 0 saturated carbocycles. The van der Waals surface area contributed by atoms with Gasteiger partial charge in [0.25, 0.3) is 0 Å². The summed E-state index contributed by atoms with van der Waals surface area (Å²) in [4.78, 5) is 13.8. The number of hydrogen-bond donors (Lipinski definition) is 1. The van der Waals surface area contributed by atoms with Gasteiger partial charge in [0.05, 0.1) is 0 Å². The van der Waals surface area contributed by atoms with Crippen LogP contribution in [0.4, 0.5) is 4.79 Å². The Bertz CT molecular complexity index is 918. The maximum atomic E-state index is 12.0. The third-order valence-corrected chi connectivity index (χ3v) is 5.66. The summed E-state index contributed by atoms with van der Waals surface area (Å²) in [5.74, 6) is 0.475. The van der Waals surface area contributed by atoms with Crippen LogP contribution in [-0.4, -0.2) is 36.2 Å². The minimum Gasteiger partial charge on any atom is -0.444 e. The molecule has 1 fully saturated rings. The first-order valence-electron chi connectivity index (χ1n) is 10.1. The minimum atomic E-state index is -0.441. The molecular weight excluding hydrogens is 464 g/mol. The number of carbonyl (C=O) groups is 1. The Morgan fingerprint density at radius 1 is 1.23 bits per heavy atom. The molecule has 1 amide bonds. The number of amides is 1. The van der Waals surface area contributed by atoms with Gasteiger partial charge in [-0.25, -0.2) is 4.79 Å². The first-order chi connectivity index (χ1) is 14.2. The maximum Gasteiger partial charge on any atom is 0.410 e. The molecule has 30 heavy (non-hydrogen) atoms. The highest BCUT2D eigenvalue weighted by atomic mass is 79.9. The maximum absolute atomic E-state index is 12.0. The largest absolute Gasteiger partial charge is 0.444 e. The summed E-state index contributed by atoms with van der Waals surface area (Å²) in [6.45, 7) is 8.86. The molecule has 0 unspecified atom stereocenters. The van der Waals surface area contributed by atoms with Crippen LogP contribution in [0.3, 0.4) is 0 Å². The van der Waals surface area contributed by atoms with Crippen LogP contribution in [0.15, 0.2) is 46.9 Å². The third kappa shape index (κ3) is 6.86. The normalized spacial score (nSPS) is 14.8. The average molecular weight is 492 g/mol. The summed E-state index contributed by atoms with van der Waals surface area (Å²) in [6.07, 6.45) is 3.96. The lowest BCUT2D eigenvalue weighted by Crippen LogP contribution is -2.54. The predicted octanol–water partition coefficient (Wildman–Crippen LogP) is 6.23. The van der Waals surface area contributed by atoms with E-state index in [0.717, 1.165) is 41.8 Å². The molecule has 0 bridgehead atoms. The molecule has 4 nitrogen and oxygen atoms in total. The van der Waals surface area contributed by atoms with Crippen LogP contribution >= 0.6 is 27.5 Å². The first kappa shape index (κ1) is 22.9. The molecule has 2 aromatic carbocycles. The SMILES string of the molecule is CC(C)(C)OC(=O)N1CC(CNCc2cccc(/C=C/c3ccc(Cl)cc3Br)c2)C1. The molecule has 0 spiro atoms. The van der Waals surface area contributed by atoms with E-state index in [1.54, 1.807) is 4.90 Å². The highest BCUT2D eigenvalue weighted by molar-refractivity contribution is 9.10. The highest BCUT2D eigenvalue weighted by Gasteiger charge is 2.33. The molecule has 0 atom stereocenters. The van der Waals surface area contributed by atoms with E-state index in [1.807, 2.05) is 39.0 Å². The average Bonchev–Trinajstić information content (AvgIpc) is 2.61. The van der Waals surface area contributed by atoms with Crippen molar-refractivity contribution < 1.29 is 9.53 Å². The second kappa shape index (κ2) is 9.99. The molecule has 0 aromatic heterocycles. The molecule has 1 aliphatic rings. The Balaban J connectivity index is 1.44. The van der Waals surface area contributed by atoms with E-state index >= 15 is 0 Å². The van der Waals surface area contributed by atoms with E-state index < -0.39 is 5.60 Å². The van der Waals surface area contributed by atoms with E-state index in [-0.39, 0.29) is 6.09 Å². The number of nitrogens with one attached hydrogen (secondary N) is 1.